The van der Waals surface area contributed by atoms with E-state index in [0.29, 0.717) is 11.0 Å². The van der Waals surface area contributed by atoms with Crippen LogP contribution in [-0.2, 0) is 4.74 Å². The van der Waals surface area contributed by atoms with Crippen LogP contribution in [-0.4, -0.2) is 13.1 Å². The van der Waals surface area contributed by atoms with Crippen LogP contribution in [0.25, 0.3) is 11.0 Å². The van der Waals surface area contributed by atoms with E-state index in [4.69, 9.17) is 16.0 Å². The highest BCUT2D eigenvalue weighted by Crippen LogP contribution is 2.26. The molecule has 0 aliphatic rings. The Morgan fingerprint density at radius 2 is 2.12 bits per heavy atom. The molecule has 1 aromatic heterocycles. The third-order valence-electron chi connectivity index (χ3n) is 2.39. The van der Waals surface area contributed by atoms with Gasteiger partial charge in [0, 0.05) is 5.39 Å². The van der Waals surface area contributed by atoms with E-state index < -0.39 is 11.6 Å². The summed E-state index contributed by atoms with van der Waals surface area (Å²) >= 11 is 6.03. The number of fused-ring (bicyclic) bond motifs is 1. The molecule has 0 aliphatic heterocycles. The quantitative estimate of drug-likeness (QED) is 0.578. The number of carbonyl (C=O) groups is 1. The maximum absolute atomic E-state index is 11.6. The van der Waals surface area contributed by atoms with Crippen molar-refractivity contribution in [2.75, 3.05) is 7.11 Å². The van der Waals surface area contributed by atoms with Crippen molar-refractivity contribution in [3.8, 4) is 0 Å². The zero-order valence-electron chi connectivity index (χ0n) is 9.24. The number of halogens is 1. The lowest BCUT2D eigenvalue weighted by atomic mass is 10.1. The first-order valence-electron chi connectivity index (χ1n) is 4.86. The Hall–Kier alpha value is -1.81. The minimum Gasteiger partial charge on any atom is -0.465 e. The van der Waals surface area contributed by atoms with Crippen LogP contribution in [0.4, 0.5) is 0 Å². The van der Waals surface area contributed by atoms with Gasteiger partial charge in [-0.25, -0.2) is 9.59 Å². The number of esters is 1. The van der Waals surface area contributed by atoms with Gasteiger partial charge in [0.15, 0.2) is 5.56 Å². The summed E-state index contributed by atoms with van der Waals surface area (Å²) in [6.07, 6.45) is 0. The topological polar surface area (TPSA) is 56.5 Å². The number of hydrogen-bond acceptors (Lipinski definition) is 4. The summed E-state index contributed by atoms with van der Waals surface area (Å²) in [5, 5.41) is 0.582. The molecule has 5 heteroatoms. The van der Waals surface area contributed by atoms with Crippen LogP contribution in [0, 0.1) is 6.92 Å². The summed E-state index contributed by atoms with van der Waals surface area (Å²) < 4.78 is 9.50. The number of methoxy groups -OCH3 is 1. The van der Waals surface area contributed by atoms with Crippen LogP contribution >= 0.6 is 11.6 Å². The molecular formula is C12H9ClO4. The van der Waals surface area contributed by atoms with Gasteiger partial charge >= 0.3 is 11.6 Å². The molecule has 2 rings (SSSR count). The van der Waals surface area contributed by atoms with Crippen molar-refractivity contribution in [1.29, 1.82) is 0 Å². The minimum atomic E-state index is -0.799. The maximum atomic E-state index is 11.6. The summed E-state index contributed by atoms with van der Waals surface area (Å²) in [5.41, 5.74) is 0.229. The Morgan fingerprint density at radius 3 is 2.76 bits per heavy atom. The van der Waals surface area contributed by atoms with E-state index in [0.717, 1.165) is 5.56 Å². The molecule has 0 aliphatic carbocycles. The van der Waals surface area contributed by atoms with Crippen LogP contribution in [0.15, 0.2) is 27.4 Å². The summed E-state index contributed by atoms with van der Waals surface area (Å²) in [6, 6.07) is 5.17. The lowest BCUT2D eigenvalue weighted by Gasteiger charge is -2.04. The summed E-state index contributed by atoms with van der Waals surface area (Å²) in [4.78, 5) is 23.0. The third-order valence-corrected chi connectivity index (χ3v) is 2.78. The summed E-state index contributed by atoms with van der Waals surface area (Å²) in [5.74, 6) is -0.799. The second-order valence-electron chi connectivity index (χ2n) is 3.57. The molecule has 0 spiro atoms. The van der Waals surface area contributed by atoms with Crippen LogP contribution in [0.2, 0.25) is 5.02 Å². The first-order valence-corrected chi connectivity index (χ1v) is 5.23. The highest BCUT2D eigenvalue weighted by Gasteiger charge is 2.20. The normalized spacial score (nSPS) is 10.5. The fourth-order valence-electron chi connectivity index (χ4n) is 1.55. The Labute approximate surface area is 102 Å². The van der Waals surface area contributed by atoms with Gasteiger partial charge in [0.2, 0.25) is 0 Å². The molecule has 1 aromatic carbocycles. The molecule has 17 heavy (non-hydrogen) atoms. The van der Waals surface area contributed by atoms with Gasteiger partial charge in [-0.2, -0.15) is 0 Å². The van der Waals surface area contributed by atoms with Gasteiger partial charge in [0.1, 0.15) is 5.58 Å². The van der Waals surface area contributed by atoms with Gasteiger partial charge in [-0.3, -0.25) is 0 Å². The second kappa shape index (κ2) is 4.22. The van der Waals surface area contributed by atoms with Crippen LogP contribution in [0.5, 0.6) is 0 Å². The maximum Gasteiger partial charge on any atom is 0.352 e. The van der Waals surface area contributed by atoms with Gasteiger partial charge in [0.25, 0.3) is 0 Å². The van der Waals surface area contributed by atoms with Gasteiger partial charge in [-0.1, -0.05) is 23.2 Å². The van der Waals surface area contributed by atoms with Gasteiger partial charge in [0.05, 0.1) is 12.1 Å². The smallest absolute Gasteiger partial charge is 0.352 e. The van der Waals surface area contributed by atoms with Crippen molar-refractivity contribution in [2.24, 2.45) is 0 Å². The number of aryl methyl sites for hydroxylation is 1. The van der Waals surface area contributed by atoms with E-state index in [2.05, 4.69) is 4.74 Å². The average Bonchev–Trinajstić information content (AvgIpc) is 2.30. The van der Waals surface area contributed by atoms with E-state index in [1.165, 1.54) is 7.11 Å². The van der Waals surface area contributed by atoms with E-state index in [9.17, 15) is 9.59 Å². The standard InChI is InChI=1S/C12H9ClO4/c1-6-3-4-8-7(5-6)10(13)9(11(14)16-2)12(15)17-8/h3-5H,1-2H3. The van der Waals surface area contributed by atoms with E-state index in [1.54, 1.807) is 18.2 Å². The molecule has 0 N–H and O–H groups in total. The Balaban J connectivity index is 2.87. The molecular weight excluding hydrogens is 244 g/mol. The van der Waals surface area contributed by atoms with Gasteiger partial charge in [-0.15, -0.1) is 0 Å². The van der Waals surface area contributed by atoms with Crippen LogP contribution < -0.4 is 5.63 Å². The summed E-state index contributed by atoms with van der Waals surface area (Å²) in [6.45, 7) is 1.87. The van der Waals surface area contributed by atoms with Crippen molar-refractivity contribution < 1.29 is 13.9 Å². The van der Waals surface area contributed by atoms with E-state index in [1.807, 2.05) is 6.92 Å². The molecule has 0 saturated carbocycles. The largest absolute Gasteiger partial charge is 0.465 e. The fourth-order valence-corrected chi connectivity index (χ4v) is 1.86. The Morgan fingerprint density at radius 1 is 1.41 bits per heavy atom. The highest BCUT2D eigenvalue weighted by molar-refractivity contribution is 6.38. The first-order chi connectivity index (χ1) is 8.04. The predicted octanol–water partition coefficient (Wildman–Crippen LogP) is 2.54. The molecule has 0 saturated heterocycles. The van der Waals surface area contributed by atoms with Crippen molar-refractivity contribution in [3.63, 3.8) is 0 Å². The third kappa shape index (κ3) is 1.91. The molecule has 0 amide bonds. The number of carbonyl (C=O) groups excluding carboxylic acids is 1. The molecule has 0 radical (unpaired) electrons. The monoisotopic (exact) mass is 252 g/mol. The van der Waals surface area contributed by atoms with Crippen LogP contribution in [0.3, 0.4) is 0 Å². The Bertz CT molecular complexity index is 657. The molecule has 0 atom stereocenters. The zero-order chi connectivity index (χ0) is 12.6. The van der Waals surface area contributed by atoms with E-state index in [-0.39, 0.29) is 10.6 Å². The van der Waals surface area contributed by atoms with Crippen molar-refractivity contribution >= 4 is 28.5 Å². The summed E-state index contributed by atoms with van der Waals surface area (Å²) in [7, 11) is 1.18. The molecule has 2 aromatic rings. The molecule has 4 nitrogen and oxygen atoms in total. The first kappa shape index (κ1) is 11.7. The molecule has 1 heterocycles. The van der Waals surface area contributed by atoms with Gasteiger partial charge < -0.3 is 9.15 Å². The number of rotatable bonds is 1. The SMILES string of the molecule is COC(=O)c1c(Cl)c2cc(C)ccc2oc1=O. The van der Waals surface area contributed by atoms with Crippen molar-refractivity contribution in [1.82, 2.24) is 0 Å². The number of ether oxygens (including phenoxy) is 1. The van der Waals surface area contributed by atoms with E-state index >= 15 is 0 Å². The van der Waals surface area contributed by atoms with Crippen molar-refractivity contribution in [2.45, 2.75) is 6.92 Å². The lowest BCUT2D eigenvalue weighted by Crippen LogP contribution is -2.16. The van der Waals surface area contributed by atoms with Gasteiger partial charge in [-0.05, 0) is 19.1 Å². The molecule has 0 unspecified atom stereocenters. The predicted molar refractivity (Wildman–Crippen MR) is 63.6 cm³/mol. The number of benzene rings is 1. The average molecular weight is 253 g/mol. The van der Waals surface area contributed by atoms with Crippen molar-refractivity contribution in [3.05, 3.63) is 44.8 Å². The minimum absolute atomic E-state index is 0.0619. The van der Waals surface area contributed by atoms with Crippen LogP contribution in [0.1, 0.15) is 15.9 Å². The lowest BCUT2D eigenvalue weighted by molar-refractivity contribution is 0.0596. The zero-order valence-corrected chi connectivity index (χ0v) is 10.00. The Kier molecular flexibility index (Phi) is 2.90. The molecule has 88 valence electrons. The molecule has 0 fully saturated rings. The fraction of sp³-hybridized carbons (Fsp3) is 0.167. The highest BCUT2D eigenvalue weighted by atomic mass is 35.5. The molecule has 0 bridgehead atoms. The second-order valence-corrected chi connectivity index (χ2v) is 3.95. The number of hydrogen-bond donors (Lipinski definition) is 0.